The minimum atomic E-state index is 1.18. The molecule has 0 spiro atoms. The van der Waals surface area contributed by atoms with Crippen molar-refractivity contribution < 1.29 is 0 Å². The van der Waals surface area contributed by atoms with Gasteiger partial charge in [-0.1, -0.05) is 0 Å². The highest BCUT2D eigenvalue weighted by atomic mass is 32.2. The fourth-order valence-electron chi connectivity index (χ4n) is 2.28. The summed E-state index contributed by atoms with van der Waals surface area (Å²) < 4.78 is 0. The van der Waals surface area contributed by atoms with Crippen LogP contribution in [0.15, 0.2) is 0 Å². The maximum absolute atomic E-state index is 3.40. The number of piperazine rings is 1. The van der Waals surface area contributed by atoms with E-state index in [2.05, 4.69) is 26.9 Å². The Bertz CT molecular complexity index is 147. The predicted molar refractivity (Wildman–Crippen MR) is 67.7 cm³/mol. The third kappa shape index (κ3) is 4.31. The Morgan fingerprint density at radius 1 is 0.867 bits per heavy atom. The topological polar surface area (TPSA) is 18.5 Å². The standard InChI is InChI=1S/C11H23N3S/c1(4-13-6-2-12-3-7-13)5-14-8-10-15-11-9-14/h12H,1-11H2. The summed E-state index contributed by atoms with van der Waals surface area (Å²) in [5.74, 6) is 2.68. The monoisotopic (exact) mass is 229 g/mol. The van der Waals surface area contributed by atoms with E-state index in [4.69, 9.17) is 0 Å². The number of hydrogen-bond donors (Lipinski definition) is 1. The van der Waals surface area contributed by atoms with E-state index in [1.165, 1.54) is 70.3 Å². The van der Waals surface area contributed by atoms with Crippen molar-refractivity contribution in [2.24, 2.45) is 0 Å². The molecule has 0 amide bonds. The second-order valence-electron chi connectivity index (χ2n) is 4.40. The molecule has 15 heavy (non-hydrogen) atoms. The number of thioether (sulfide) groups is 1. The van der Waals surface area contributed by atoms with Crippen LogP contribution >= 0.6 is 11.8 Å². The van der Waals surface area contributed by atoms with Crippen molar-refractivity contribution in [2.45, 2.75) is 6.42 Å². The molecule has 4 heteroatoms. The molecule has 0 aromatic carbocycles. The van der Waals surface area contributed by atoms with Crippen molar-refractivity contribution in [1.29, 1.82) is 0 Å². The number of hydrogen-bond acceptors (Lipinski definition) is 4. The zero-order chi connectivity index (χ0) is 10.3. The average molecular weight is 229 g/mol. The molecule has 0 bridgehead atoms. The highest BCUT2D eigenvalue weighted by Crippen LogP contribution is 2.09. The summed E-state index contributed by atoms with van der Waals surface area (Å²) in [5, 5.41) is 3.40. The number of nitrogens with one attached hydrogen (secondary N) is 1. The zero-order valence-corrected chi connectivity index (χ0v) is 10.4. The van der Waals surface area contributed by atoms with E-state index >= 15 is 0 Å². The highest BCUT2D eigenvalue weighted by molar-refractivity contribution is 7.99. The van der Waals surface area contributed by atoms with Crippen LogP contribution in [-0.2, 0) is 0 Å². The minimum Gasteiger partial charge on any atom is -0.314 e. The smallest absolute Gasteiger partial charge is 0.0107 e. The summed E-state index contributed by atoms with van der Waals surface area (Å²) in [5.41, 5.74) is 0. The van der Waals surface area contributed by atoms with Gasteiger partial charge in [0.05, 0.1) is 0 Å². The molecule has 2 saturated heterocycles. The van der Waals surface area contributed by atoms with Gasteiger partial charge in [0.25, 0.3) is 0 Å². The summed E-state index contributed by atoms with van der Waals surface area (Å²) in [6.45, 7) is 10.1. The molecule has 0 saturated carbocycles. The van der Waals surface area contributed by atoms with Gasteiger partial charge in [0, 0.05) is 50.8 Å². The molecular formula is C11H23N3S. The van der Waals surface area contributed by atoms with Gasteiger partial charge in [-0.05, 0) is 19.5 Å². The normalized spacial score (nSPS) is 25.6. The first-order chi connectivity index (χ1) is 7.45. The molecule has 2 aliphatic rings. The molecule has 0 aliphatic carbocycles. The van der Waals surface area contributed by atoms with Gasteiger partial charge < -0.3 is 15.1 Å². The number of nitrogens with zero attached hydrogens (tertiary/aromatic N) is 2. The van der Waals surface area contributed by atoms with Gasteiger partial charge >= 0.3 is 0 Å². The van der Waals surface area contributed by atoms with Crippen molar-refractivity contribution in [1.82, 2.24) is 15.1 Å². The van der Waals surface area contributed by atoms with Gasteiger partial charge in [-0.3, -0.25) is 0 Å². The Balaban J connectivity index is 1.53. The predicted octanol–water partition coefficient (Wildman–Crippen LogP) is 0.331. The molecule has 0 atom stereocenters. The van der Waals surface area contributed by atoms with E-state index in [0.29, 0.717) is 0 Å². The van der Waals surface area contributed by atoms with E-state index < -0.39 is 0 Å². The van der Waals surface area contributed by atoms with Crippen LogP contribution in [-0.4, -0.2) is 73.7 Å². The van der Waals surface area contributed by atoms with Gasteiger partial charge in [-0.2, -0.15) is 11.8 Å². The SMILES string of the molecule is C(CN1CCNCC1)CN1CCSCC1. The first-order valence-corrected chi connectivity index (χ1v) is 7.34. The average Bonchev–Trinajstić information content (AvgIpc) is 2.32. The van der Waals surface area contributed by atoms with Crippen LogP contribution in [0.25, 0.3) is 0 Å². The molecule has 0 unspecified atom stereocenters. The Hall–Kier alpha value is 0.230. The molecule has 0 aromatic rings. The lowest BCUT2D eigenvalue weighted by atomic mass is 10.3. The van der Waals surface area contributed by atoms with Gasteiger partial charge in [0.1, 0.15) is 0 Å². The lowest BCUT2D eigenvalue weighted by molar-refractivity contribution is 0.216. The second-order valence-corrected chi connectivity index (χ2v) is 5.62. The van der Waals surface area contributed by atoms with Crippen molar-refractivity contribution in [2.75, 3.05) is 63.9 Å². The van der Waals surface area contributed by atoms with Crippen molar-refractivity contribution in [3.05, 3.63) is 0 Å². The van der Waals surface area contributed by atoms with Crippen LogP contribution in [0.2, 0.25) is 0 Å². The summed E-state index contributed by atoms with van der Waals surface area (Å²) in [4.78, 5) is 5.22. The molecular weight excluding hydrogens is 206 g/mol. The fraction of sp³-hybridized carbons (Fsp3) is 1.00. The van der Waals surface area contributed by atoms with Gasteiger partial charge in [0.2, 0.25) is 0 Å². The summed E-state index contributed by atoms with van der Waals surface area (Å²) in [7, 11) is 0. The maximum atomic E-state index is 3.40. The van der Waals surface area contributed by atoms with E-state index in [9.17, 15) is 0 Å². The van der Waals surface area contributed by atoms with Gasteiger partial charge in [0.15, 0.2) is 0 Å². The molecule has 88 valence electrons. The molecule has 0 aromatic heterocycles. The maximum Gasteiger partial charge on any atom is 0.0107 e. The molecule has 3 nitrogen and oxygen atoms in total. The Morgan fingerprint density at radius 3 is 2.13 bits per heavy atom. The summed E-state index contributed by atoms with van der Waals surface area (Å²) in [6, 6.07) is 0. The van der Waals surface area contributed by atoms with Crippen molar-refractivity contribution >= 4 is 11.8 Å². The molecule has 2 rings (SSSR count). The Labute approximate surface area is 97.6 Å². The third-order valence-electron chi connectivity index (χ3n) is 3.26. The molecule has 2 heterocycles. The molecule has 1 N–H and O–H groups in total. The van der Waals surface area contributed by atoms with E-state index in [1.54, 1.807) is 0 Å². The molecule has 0 radical (unpaired) electrons. The number of rotatable bonds is 4. The summed E-state index contributed by atoms with van der Waals surface area (Å²) in [6.07, 6.45) is 1.35. The van der Waals surface area contributed by atoms with Crippen LogP contribution in [0, 0.1) is 0 Å². The lowest BCUT2D eigenvalue weighted by Crippen LogP contribution is -2.44. The van der Waals surface area contributed by atoms with Crippen molar-refractivity contribution in [3.8, 4) is 0 Å². The van der Waals surface area contributed by atoms with Crippen LogP contribution in [0.5, 0.6) is 0 Å². The first-order valence-electron chi connectivity index (χ1n) is 6.18. The molecule has 2 fully saturated rings. The first kappa shape index (κ1) is 11.7. The quantitative estimate of drug-likeness (QED) is 0.748. The van der Waals surface area contributed by atoms with Crippen LogP contribution in [0.3, 0.4) is 0 Å². The largest absolute Gasteiger partial charge is 0.314 e. The minimum absolute atomic E-state index is 1.18. The van der Waals surface area contributed by atoms with E-state index in [-0.39, 0.29) is 0 Å². The Kier molecular flexibility index (Phi) is 5.26. The van der Waals surface area contributed by atoms with Crippen molar-refractivity contribution in [3.63, 3.8) is 0 Å². The van der Waals surface area contributed by atoms with Gasteiger partial charge in [-0.25, -0.2) is 0 Å². The fourth-order valence-corrected chi connectivity index (χ4v) is 3.26. The van der Waals surface area contributed by atoms with Crippen LogP contribution < -0.4 is 5.32 Å². The second kappa shape index (κ2) is 6.74. The van der Waals surface area contributed by atoms with Gasteiger partial charge in [-0.15, -0.1) is 0 Å². The Morgan fingerprint density at radius 2 is 1.47 bits per heavy atom. The zero-order valence-electron chi connectivity index (χ0n) is 9.58. The van der Waals surface area contributed by atoms with E-state index in [0.717, 1.165) is 0 Å². The van der Waals surface area contributed by atoms with Crippen LogP contribution in [0.4, 0.5) is 0 Å². The van der Waals surface area contributed by atoms with Crippen LogP contribution in [0.1, 0.15) is 6.42 Å². The lowest BCUT2D eigenvalue weighted by Gasteiger charge is -2.30. The summed E-state index contributed by atoms with van der Waals surface area (Å²) >= 11 is 2.10. The van der Waals surface area contributed by atoms with E-state index in [1.807, 2.05) is 0 Å². The molecule has 2 aliphatic heterocycles. The third-order valence-corrected chi connectivity index (χ3v) is 4.20. The highest BCUT2D eigenvalue weighted by Gasteiger charge is 2.12.